The van der Waals surface area contributed by atoms with Gasteiger partial charge in [-0.15, -0.1) is 0 Å². The van der Waals surface area contributed by atoms with E-state index >= 15 is 0 Å². The third kappa shape index (κ3) is 3.42. The van der Waals surface area contributed by atoms with Crippen molar-refractivity contribution in [2.45, 2.75) is 26.0 Å². The van der Waals surface area contributed by atoms with Crippen molar-refractivity contribution in [2.75, 3.05) is 0 Å². The molecule has 0 spiro atoms. The van der Waals surface area contributed by atoms with Crippen molar-refractivity contribution in [2.24, 2.45) is 0 Å². The first-order valence-electron chi connectivity index (χ1n) is 10.9. The van der Waals surface area contributed by atoms with Gasteiger partial charge in [-0.25, -0.2) is 4.98 Å². The van der Waals surface area contributed by atoms with Gasteiger partial charge >= 0.3 is 0 Å². The predicted octanol–water partition coefficient (Wildman–Crippen LogP) is 5.69. The van der Waals surface area contributed by atoms with E-state index in [1.54, 1.807) is 6.20 Å². The molecule has 156 valence electrons. The molecule has 0 bridgehead atoms. The van der Waals surface area contributed by atoms with Crippen LogP contribution < -0.4 is 4.74 Å². The lowest BCUT2D eigenvalue weighted by atomic mass is 9.98. The van der Waals surface area contributed by atoms with Gasteiger partial charge in [-0.1, -0.05) is 36.4 Å². The van der Waals surface area contributed by atoms with Crippen molar-refractivity contribution < 1.29 is 4.74 Å². The summed E-state index contributed by atoms with van der Waals surface area (Å²) in [4.78, 5) is 8.98. The largest absolute Gasteiger partial charge is 0.487 e. The molecule has 0 unspecified atom stereocenters. The molecule has 5 nitrogen and oxygen atoms in total. The molecule has 0 N–H and O–H groups in total. The number of fused-ring (bicyclic) bond motifs is 2. The fourth-order valence-corrected chi connectivity index (χ4v) is 4.40. The molecule has 0 radical (unpaired) electrons. The molecule has 32 heavy (non-hydrogen) atoms. The smallest absolute Gasteiger partial charge is 0.130 e. The van der Waals surface area contributed by atoms with Crippen LogP contribution in [0.15, 0.2) is 85.2 Å². The number of hydrogen-bond acceptors (Lipinski definition) is 4. The zero-order chi connectivity index (χ0) is 21.3. The van der Waals surface area contributed by atoms with Crippen molar-refractivity contribution in [1.29, 1.82) is 0 Å². The van der Waals surface area contributed by atoms with Gasteiger partial charge in [0.25, 0.3) is 0 Å². The topological polar surface area (TPSA) is 52.8 Å². The van der Waals surface area contributed by atoms with Crippen LogP contribution in [0.2, 0.25) is 0 Å². The van der Waals surface area contributed by atoms with Gasteiger partial charge in [0.15, 0.2) is 0 Å². The third-order valence-corrected chi connectivity index (χ3v) is 5.96. The highest BCUT2D eigenvalue weighted by atomic mass is 16.5. The number of aromatic nitrogens is 4. The number of ether oxygens (including phenoxy) is 1. The van der Waals surface area contributed by atoms with Gasteiger partial charge in [-0.2, -0.15) is 5.10 Å². The van der Waals surface area contributed by atoms with E-state index in [9.17, 15) is 0 Å². The average Bonchev–Trinajstić information content (AvgIpc) is 3.45. The van der Waals surface area contributed by atoms with Crippen molar-refractivity contribution in [3.8, 4) is 28.1 Å². The zero-order valence-corrected chi connectivity index (χ0v) is 17.6. The summed E-state index contributed by atoms with van der Waals surface area (Å²) in [6.45, 7) is 1.41. The zero-order valence-electron chi connectivity index (χ0n) is 17.6. The molecule has 1 aliphatic rings. The quantitative estimate of drug-likeness (QED) is 0.368. The summed E-state index contributed by atoms with van der Waals surface area (Å²) < 4.78 is 8.17. The second-order valence-corrected chi connectivity index (χ2v) is 8.05. The summed E-state index contributed by atoms with van der Waals surface area (Å²) in [7, 11) is 0. The van der Waals surface area contributed by atoms with E-state index in [0.29, 0.717) is 6.61 Å². The van der Waals surface area contributed by atoms with E-state index in [0.717, 1.165) is 58.6 Å². The summed E-state index contributed by atoms with van der Waals surface area (Å²) >= 11 is 0. The number of aryl methyl sites for hydroxylation is 1. The summed E-state index contributed by atoms with van der Waals surface area (Å²) in [6.07, 6.45) is 5.87. The lowest BCUT2D eigenvalue weighted by molar-refractivity contribution is 0.302. The molecule has 2 aromatic carbocycles. The molecule has 3 aromatic heterocycles. The first-order chi connectivity index (χ1) is 15.8. The molecule has 5 heteroatoms. The normalized spacial score (nSPS) is 12.8. The van der Waals surface area contributed by atoms with Crippen molar-refractivity contribution in [3.05, 3.63) is 96.6 Å². The molecular formula is C27H22N4O. The van der Waals surface area contributed by atoms with Gasteiger partial charge in [-0.3, -0.25) is 9.67 Å². The maximum Gasteiger partial charge on any atom is 0.130 e. The molecule has 0 saturated heterocycles. The molecular weight excluding hydrogens is 396 g/mol. The molecule has 0 saturated carbocycles. The Hall–Kier alpha value is -3.99. The van der Waals surface area contributed by atoms with Crippen molar-refractivity contribution in [3.63, 3.8) is 0 Å². The Balaban J connectivity index is 1.26. The number of pyridine rings is 2. The van der Waals surface area contributed by atoms with Gasteiger partial charge in [0.05, 0.1) is 11.2 Å². The van der Waals surface area contributed by atoms with Gasteiger partial charge in [0, 0.05) is 41.1 Å². The molecule has 0 aliphatic carbocycles. The Bertz CT molecular complexity index is 1390. The van der Waals surface area contributed by atoms with Gasteiger partial charge < -0.3 is 4.74 Å². The number of hydrogen-bond donors (Lipinski definition) is 0. The van der Waals surface area contributed by atoms with E-state index < -0.39 is 0 Å². The molecule has 6 rings (SSSR count). The van der Waals surface area contributed by atoms with E-state index in [2.05, 4.69) is 40.0 Å². The van der Waals surface area contributed by atoms with Gasteiger partial charge in [-0.05, 0) is 54.8 Å². The lowest BCUT2D eigenvalue weighted by Gasteiger charge is -2.09. The van der Waals surface area contributed by atoms with E-state index in [-0.39, 0.29) is 0 Å². The number of nitrogens with zero attached hydrogens (tertiary/aromatic N) is 4. The number of para-hydroxylation sites is 1. The summed E-state index contributed by atoms with van der Waals surface area (Å²) in [5, 5.41) is 6.04. The summed E-state index contributed by atoms with van der Waals surface area (Å²) in [5.41, 5.74) is 7.62. The highest BCUT2D eigenvalue weighted by molar-refractivity contribution is 5.83. The summed E-state index contributed by atoms with van der Waals surface area (Å²) in [5.74, 6) is 0.829. The van der Waals surface area contributed by atoms with Crippen LogP contribution in [0.3, 0.4) is 0 Å². The average molecular weight is 419 g/mol. The second-order valence-electron chi connectivity index (χ2n) is 8.05. The van der Waals surface area contributed by atoms with Crippen LogP contribution >= 0.6 is 0 Å². The first-order valence-corrected chi connectivity index (χ1v) is 10.9. The molecule has 0 fully saturated rings. The maximum absolute atomic E-state index is 6.03. The number of benzene rings is 2. The molecule has 1 aliphatic heterocycles. The second kappa shape index (κ2) is 7.93. The Labute approximate surface area is 186 Å². The molecule has 5 aromatic rings. The first kappa shape index (κ1) is 18.8. The van der Waals surface area contributed by atoms with Crippen molar-refractivity contribution >= 4 is 10.9 Å². The minimum absolute atomic E-state index is 0.439. The van der Waals surface area contributed by atoms with Crippen LogP contribution in [0.5, 0.6) is 5.75 Å². The fraction of sp³-hybridized carbons (Fsp3) is 0.148. The Morgan fingerprint density at radius 3 is 2.66 bits per heavy atom. The highest BCUT2D eigenvalue weighted by Gasteiger charge is 2.23. The third-order valence-electron chi connectivity index (χ3n) is 5.96. The van der Waals surface area contributed by atoms with Crippen LogP contribution in [0.25, 0.3) is 33.3 Å². The van der Waals surface area contributed by atoms with Gasteiger partial charge in [0.1, 0.15) is 18.1 Å². The Kier molecular flexibility index (Phi) is 4.65. The summed E-state index contributed by atoms with van der Waals surface area (Å²) in [6, 6.07) is 24.6. The lowest BCUT2D eigenvalue weighted by Crippen LogP contribution is -1.98. The van der Waals surface area contributed by atoms with Crippen molar-refractivity contribution in [1.82, 2.24) is 19.7 Å². The van der Waals surface area contributed by atoms with E-state index in [1.165, 1.54) is 11.3 Å². The van der Waals surface area contributed by atoms with Crippen LogP contribution in [0.1, 0.15) is 17.8 Å². The molecule has 4 heterocycles. The maximum atomic E-state index is 6.03. The predicted molar refractivity (Wildman–Crippen MR) is 125 cm³/mol. The minimum atomic E-state index is 0.439. The van der Waals surface area contributed by atoms with E-state index in [1.807, 2.05) is 48.7 Å². The van der Waals surface area contributed by atoms with Crippen LogP contribution in [0.4, 0.5) is 0 Å². The van der Waals surface area contributed by atoms with Crippen LogP contribution in [0, 0.1) is 0 Å². The van der Waals surface area contributed by atoms with Gasteiger partial charge in [0.2, 0.25) is 0 Å². The molecule has 0 amide bonds. The SMILES string of the molecule is c1cncc(-c2nn3c(c2-c2ccc(OCc4ccc5ccccc5n4)cc2)CCC3)c1. The minimum Gasteiger partial charge on any atom is -0.487 e. The number of rotatable bonds is 5. The van der Waals surface area contributed by atoms with Crippen LogP contribution in [-0.4, -0.2) is 19.7 Å². The highest BCUT2D eigenvalue weighted by Crippen LogP contribution is 2.37. The Morgan fingerprint density at radius 2 is 1.78 bits per heavy atom. The monoisotopic (exact) mass is 418 g/mol. The van der Waals surface area contributed by atoms with E-state index in [4.69, 9.17) is 14.8 Å². The fourth-order valence-electron chi connectivity index (χ4n) is 4.40. The molecule has 0 atom stereocenters. The standard InChI is InChI=1S/C27H22N4O/c1-2-7-24-19(5-1)9-12-22(29-24)18-32-23-13-10-20(11-14-23)26-25-8-4-16-31(25)30-27(26)21-6-3-15-28-17-21/h1-3,5-7,9-15,17H,4,8,16,18H2. The van der Waals surface area contributed by atoms with Crippen LogP contribution in [-0.2, 0) is 19.6 Å². The Morgan fingerprint density at radius 1 is 0.875 bits per heavy atom.